The van der Waals surface area contributed by atoms with Crippen LogP contribution in [-0.2, 0) is 37.9 Å². The summed E-state index contributed by atoms with van der Waals surface area (Å²) in [7, 11) is 0. The molecule has 16 nitrogen and oxygen atoms in total. The Morgan fingerprint density at radius 2 is 0.422 bits per heavy atom. The standard InChI is InChI=1S/C48H88N8O8/c1-9-57-33-29-31(35(59-11-3)39(63-15-7)37(33)61-13-5)47-54-45(29)52-43-27-23-19-17-21-25(27)41(50-43)49-42-26-22-18-20-24-28(26)44(51-42)53-46-30-32(48(55-46)56-47)36(60-12-4)40(64-16-8)38(62-14-6)34(30)58-10-2/h25-56H,9-24H2,1-8H3. The summed E-state index contributed by atoms with van der Waals surface area (Å²) in [5.41, 5.74) is 0. The lowest BCUT2D eigenvalue weighted by atomic mass is 9.70. The van der Waals surface area contributed by atoms with Crippen LogP contribution in [0.5, 0.6) is 0 Å². The lowest BCUT2D eigenvalue weighted by Crippen LogP contribution is -2.67. The zero-order chi connectivity index (χ0) is 44.5. The van der Waals surface area contributed by atoms with Crippen LogP contribution in [0.3, 0.4) is 0 Å². The summed E-state index contributed by atoms with van der Waals surface area (Å²) in [5, 5.41) is 34.1. The van der Waals surface area contributed by atoms with Crippen molar-refractivity contribution in [3.05, 3.63) is 0 Å². The molecule has 4 aliphatic carbocycles. The Balaban J connectivity index is 1.17. The first-order valence-electron chi connectivity index (χ1n) is 26.4. The van der Waals surface area contributed by atoms with Gasteiger partial charge in [-0.15, -0.1) is 0 Å². The van der Waals surface area contributed by atoms with Crippen LogP contribution in [0.4, 0.5) is 0 Å². The Kier molecular flexibility index (Phi) is 16.6. The van der Waals surface area contributed by atoms with Crippen LogP contribution in [0.2, 0.25) is 0 Å². The van der Waals surface area contributed by atoms with Crippen molar-refractivity contribution >= 4 is 0 Å². The van der Waals surface area contributed by atoms with Crippen LogP contribution in [0.1, 0.15) is 107 Å². The maximum absolute atomic E-state index is 6.94. The summed E-state index contributed by atoms with van der Waals surface area (Å²) in [6.45, 7) is 21.2. The van der Waals surface area contributed by atoms with Gasteiger partial charge in [0.2, 0.25) is 0 Å². The molecule has 368 valence electrons. The van der Waals surface area contributed by atoms with E-state index in [0.29, 0.717) is 76.5 Å². The van der Waals surface area contributed by atoms with E-state index in [0.717, 1.165) is 0 Å². The van der Waals surface area contributed by atoms with E-state index in [2.05, 4.69) is 97.9 Å². The maximum atomic E-state index is 6.94. The van der Waals surface area contributed by atoms with Gasteiger partial charge in [-0.2, -0.15) is 0 Å². The third kappa shape index (κ3) is 9.03. The number of hydrogen-bond acceptors (Lipinski definition) is 16. The van der Waals surface area contributed by atoms with E-state index < -0.39 is 0 Å². The minimum Gasteiger partial charge on any atom is -0.375 e. The second-order valence-corrected chi connectivity index (χ2v) is 20.0. The molecule has 9 rings (SSSR count). The number of nitrogens with one attached hydrogen (secondary N) is 8. The van der Waals surface area contributed by atoms with E-state index in [1.54, 1.807) is 0 Å². The fourth-order valence-corrected chi connectivity index (χ4v) is 15.1. The minimum atomic E-state index is -0.311. The number of hydrogen-bond donors (Lipinski definition) is 8. The van der Waals surface area contributed by atoms with Gasteiger partial charge in [-0.3, -0.25) is 42.5 Å². The van der Waals surface area contributed by atoms with Crippen LogP contribution in [0.25, 0.3) is 0 Å². The largest absolute Gasteiger partial charge is 0.375 e. The molecule has 0 aromatic rings. The highest BCUT2D eigenvalue weighted by Gasteiger charge is 2.65. The van der Waals surface area contributed by atoms with Crippen LogP contribution in [0.15, 0.2) is 0 Å². The molecule has 0 spiro atoms. The number of rotatable bonds is 16. The van der Waals surface area contributed by atoms with Gasteiger partial charge in [0, 0.05) is 76.5 Å². The monoisotopic (exact) mass is 905 g/mol. The number of ether oxygens (including phenoxy) is 8. The molecule has 16 heteroatoms. The first-order chi connectivity index (χ1) is 31.4. The summed E-state index contributed by atoms with van der Waals surface area (Å²) < 4.78 is 54.6. The molecule has 8 bridgehead atoms. The van der Waals surface area contributed by atoms with Gasteiger partial charge in [-0.1, -0.05) is 25.7 Å². The lowest BCUT2D eigenvalue weighted by molar-refractivity contribution is -0.238. The topological polar surface area (TPSA) is 170 Å². The predicted molar refractivity (Wildman–Crippen MR) is 244 cm³/mol. The molecule has 9 fully saturated rings. The molecule has 0 aromatic carbocycles. The van der Waals surface area contributed by atoms with Crippen molar-refractivity contribution in [2.45, 2.75) is 205 Å². The summed E-state index contributed by atoms with van der Waals surface area (Å²) in [6, 6.07) is 0. The van der Waals surface area contributed by atoms with E-state index in [1.165, 1.54) is 51.4 Å². The molecule has 0 radical (unpaired) electrons. The molecular weight excluding hydrogens is 817 g/mol. The normalized spacial score (nSPS) is 49.9. The van der Waals surface area contributed by atoms with Crippen molar-refractivity contribution in [2.75, 3.05) is 52.9 Å². The van der Waals surface area contributed by atoms with Gasteiger partial charge in [0.25, 0.3) is 0 Å². The Morgan fingerprint density at radius 1 is 0.250 bits per heavy atom. The van der Waals surface area contributed by atoms with E-state index in [-0.39, 0.29) is 122 Å². The maximum Gasteiger partial charge on any atom is 0.113 e. The first-order valence-corrected chi connectivity index (χ1v) is 26.4. The van der Waals surface area contributed by atoms with Gasteiger partial charge in [0.15, 0.2) is 0 Å². The molecule has 8 N–H and O–H groups in total. The number of fused-ring (bicyclic) bond motifs is 20. The Labute approximate surface area is 384 Å². The van der Waals surface area contributed by atoms with Crippen molar-refractivity contribution in [1.29, 1.82) is 0 Å². The van der Waals surface area contributed by atoms with Crippen LogP contribution in [-0.4, -0.2) is 151 Å². The van der Waals surface area contributed by atoms with Crippen LogP contribution < -0.4 is 42.5 Å². The second-order valence-electron chi connectivity index (χ2n) is 20.0. The van der Waals surface area contributed by atoms with E-state index in [4.69, 9.17) is 37.9 Å². The van der Waals surface area contributed by atoms with Gasteiger partial charge in [0.1, 0.15) is 24.4 Å². The Bertz CT molecular complexity index is 1360. The van der Waals surface area contributed by atoms with Gasteiger partial charge in [-0.05, 0) is 105 Å². The molecule has 4 saturated carbocycles. The predicted octanol–water partition coefficient (Wildman–Crippen LogP) is 2.73. The molecule has 24 unspecified atom stereocenters. The molecule has 24 atom stereocenters. The van der Waals surface area contributed by atoms with Gasteiger partial charge >= 0.3 is 0 Å². The molecule has 0 amide bonds. The Hall–Kier alpha value is -0.640. The summed E-state index contributed by atoms with van der Waals surface area (Å²) in [6.07, 6.45) is 7.91. The zero-order valence-electron chi connectivity index (χ0n) is 40.4. The first kappa shape index (κ1) is 48.4. The SMILES string of the molecule is CCOC1C(OCC)C(OCC)C2C3NC(NC4NC(NC5NC(NC6NC(N3)C3C(OCC)C(OCC)C(OCC)C(OCC)C63)C3CCCCC53)C3CCCCC43)C2C1OCC. The quantitative estimate of drug-likeness (QED) is 0.114. The summed E-state index contributed by atoms with van der Waals surface area (Å²) in [4.78, 5) is 0. The third-order valence-electron chi connectivity index (χ3n) is 17.1. The van der Waals surface area contributed by atoms with E-state index in [1.807, 2.05) is 0 Å². The van der Waals surface area contributed by atoms with Gasteiger partial charge in [-0.25, -0.2) is 0 Å². The molecule has 5 saturated heterocycles. The van der Waals surface area contributed by atoms with Crippen LogP contribution >= 0.6 is 0 Å². The lowest BCUT2D eigenvalue weighted by Gasteiger charge is -2.51. The Morgan fingerprint density at radius 3 is 0.625 bits per heavy atom. The average molecular weight is 905 g/mol. The van der Waals surface area contributed by atoms with Gasteiger partial charge < -0.3 is 37.9 Å². The highest BCUT2D eigenvalue weighted by Crippen LogP contribution is 2.49. The molecule has 64 heavy (non-hydrogen) atoms. The van der Waals surface area contributed by atoms with Crippen molar-refractivity contribution in [3.8, 4) is 0 Å². The molecule has 5 heterocycles. The molecular formula is C48H88N8O8. The van der Waals surface area contributed by atoms with E-state index >= 15 is 0 Å². The second kappa shape index (κ2) is 22.0. The van der Waals surface area contributed by atoms with Gasteiger partial charge in [0.05, 0.1) is 73.7 Å². The van der Waals surface area contributed by atoms with Crippen molar-refractivity contribution in [3.63, 3.8) is 0 Å². The van der Waals surface area contributed by atoms with Crippen molar-refractivity contribution < 1.29 is 37.9 Å². The summed E-state index contributed by atoms with van der Waals surface area (Å²) in [5.74, 6) is 2.07. The fraction of sp³-hybridized carbons (Fsp3) is 1.00. The highest BCUT2D eigenvalue weighted by molar-refractivity contribution is 5.17. The molecule has 5 aliphatic heterocycles. The van der Waals surface area contributed by atoms with Crippen LogP contribution in [0, 0.1) is 47.3 Å². The van der Waals surface area contributed by atoms with Crippen molar-refractivity contribution in [1.82, 2.24) is 42.5 Å². The summed E-state index contributed by atoms with van der Waals surface area (Å²) >= 11 is 0. The van der Waals surface area contributed by atoms with Crippen molar-refractivity contribution in [2.24, 2.45) is 47.3 Å². The highest BCUT2D eigenvalue weighted by atomic mass is 16.6. The molecule has 9 aliphatic rings. The average Bonchev–Trinajstić information content (AvgIpc) is 4.04. The fourth-order valence-electron chi connectivity index (χ4n) is 15.1. The third-order valence-corrected chi connectivity index (χ3v) is 17.1. The van der Waals surface area contributed by atoms with E-state index in [9.17, 15) is 0 Å². The molecule has 0 aromatic heterocycles. The zero-order valence-corrected chi connectivity index (χ0v) is 40.4. The minimum absolute atomic E-state index is 0.00399. The smallest absolute Gasteiger partial charge is 0.113 e.